The molecule has 0 fully saturated rings. The second kappa shape index (κ2) is 15.5. The number of benzene rings is 7. The number of nitrogens with zero attached hydrogens (tertiary/aromatic N) is 7. The summed E-state index contributed by atoms with van der Waals surface area (Å²) in [4.78, 5) is 12.9. The van der Waals surface area contributed by atoms with Crippen molar-refractivity contribution in [3.05, 3.63) is 174 Å². The first-order chi connectivity index (χ1) is 36.3. The highest BCUT2D eigenvalue weighted by molar-refractivity contribution is 6.25. The maximum atomic E-state index is 9.23. The lowest BCUT2D eigenvalue weighted by molar-refractivity contribution is 0.483. The molecular formula is C63H59N7O. The van der Waals surface area contributed by atoms with Gasteiger partial charge in [-0.2, -0.15) is 0 Å². The van der Waals surface area contributed by atoms with Gasteiger partial charge >= 0.3 is 0 Å². The van der Waals surface area contributed by atoms with Crippen LogP contribution >= 0.6 is 0 Å². The number of aryl methyl sites for hydroxylation is 2. The number of ether oxygens (including phenoxy) is 1. The fourth-order valence-corrected chi connectivity index (χ4v) is 10.7. The fourth-order valence-electron chi connectivity index (χ4n) is 10.7. The predicted molar refractivity (Wildman–Crippen MR) is 297 cm³/mol. The third-order valence-electron chi connectivity index (χ3n) is 14.5. The minimum absolute atomic E-state index is 0.0920. The van der Waals surface area contributed by atoms with E-state index in [9.17, 15) is 8.22 Å². The molecule has 0 N–H and O–H groups in total. The van der Waals surface area contributed by atoms with Gasteiger partial charge in [0, 0.05) is 89.5 Å². The van der Waals surface area contributed by atoms with Gasteiger partial charge in [0.2, 0.25) is 0 Å². The van der Waals surface area contributed by atoms with Gasteiger partial charge in [0.05, 0.1) is 45.7 Å². The van der Waals surface area contributed by atoms with Gasteiger partial charge in [-0.1, -0.05) is 105 Å². The minimum atomic E-state index is -2.68. The average molecular weight is 936 g/mol. The Labute approximate surface area is 424 Å². The molecule has 0 spiro atoms. The number of aromatic nitrogens is 4. The van der Waals surface area contributed by atoms with Gasteiger partial charge in [0.1, 0.15) is 24.0 Å². The highest BCUT2D eigenvalue weighted by Crippen LogP contribution is 2.52. The maximum absolute atomic E-state index is 9.23. The van der Waals surface area contributed by atoms with E-state index in [1.165, 1.54) is 9.13 Å². The van der Waals surface area contributed by atoms with E-state index in [-0.39, 0.29) is 22.9 Å². The summed E-state index contributed by atoms with van der Waals surface area (Å²) in [5.74, 6) is 1.81. The summed E-state index contributed by atoms with van der Waals surface area (Å²) >= 11 is 0. The largest absolute Gasteiger partial charge is 0.459 e. The lowest BCUT2D eigenvalue weighted by atomic mass is 9.86. The zero-order chi connectivity index (χ0) is 54.5. The second-order valence-electron chi connectivity index (χ2n) is 22.2. The van der Waals surface area contributed by atoms with E-state index in [2.05, 4.69) is 124 Å². The van der Waals surface area contributed by atoms with Crippen LogP contribution in [0.4, 0.5) is 28.4 Å². The van der Waals surface area contributed by atoms with Crippen molar-refractivity contribution in [1.29, 1.82) is 0 Å². The molecule has 71 heavy (non-hydrogen) atoms. The van der Waals surface area contributed by atoms with Crippen LogP contribution in [0.25, 0.3) is 76.1 Å². The number of pyridine rings is 1. The first-order valence-electron chi connectivity index (χ1n) is 27.3. The van der Waals surface area contributed by atoms with Gasteiger partial charge in [-0.15, -0.1) is 0 Å². The molecule has 11 aromatic rings. The number of fused-ring (bicyclic) bond motifs is 10. The summed E-state index contributed by atoms with van der Waals surface area (Å²) in [6.45, 7) is 22.5. The zero-order valence-corrected chi connectivity index (χ0v) is 41.6. The zero-order valence-electron chi connectivity index (χ0n) is 47.6. The van der Waals surface area contributed by atoms with Crippen LogP contribution in [0.15, 0.2) is 146 Å². The van der Waals surface area contributed by atoms with E-state index in [4.69, 9.17) is 16.3 Å². The van der Waals surface area contributed by atoms with Gasteiger partial charge in [-0.05, 0) is 118 Å². The molecule has 0 aliphatic carbocycles. The summed E-state index contributed by atoms with van der Waals surface area (Å²) in [6.07, 6.45) is 1.86. The van der Waals surface area contributed by atoms with Crippen molar-refractivity contribution in [2.75, 3.05) is 16.5 Å². The van der Waals surface area contributed by atoms with Crippen molar-refractivity contribution in [2.24, 2.45) is 14.0 Å². The molecule has 8 heteroatoms. The third-order valence-corrected chi connectivity index (χ3v) is 14.5. The van der Waals surface area contributed by atoms with Crippen LogP contribution in [0, 0.1) is 6.57 Å². The van der Waals surface area contributed by atoms with Gasteiger partial charge < -0.3 is 23.7 Å². The highest BCUT2D eigenvalue weighted by atomic mass is 16.5. The van der Waals surface area contributed by atoms with Crippen molar-refractivity contribution in [1.82, 2.24) is 18.7 Å². The normalized spacial score (nSPS) is 15.0. The molecule has 7 aromatic carbocycles. The van der Waals surface area contributed by atoms with Crippen molar-refractivity contribution in [3.63, 3.8) is 0 Å². The number of hydrogen-bond acceptors (Lipinski definition) is 4. The smallest absolute Gasteiger partial charge is 0.192 e. The molecule has 0 unspecified atom stereocenters. The van der Waals surface area contributed by atoms with Crippen LogP contribution in [0.1, 0.15) is 87.2 Å². The Morgan fingerprint density at radius 3 is 1.73 bits per heavy atom. The van der Waals surface area contributed by atoms with Crippen molar-refractivity contribution >= 4 is 93.9 Å². The summed E-state index contributed by atoms with van der Waals surface area (Å²) in [5.41, 5.74) is 9.37. The van der Waals surface area contributed by atoms with E-state index >= 15 is 0 Å². The second-order valence-corrected chi connectivity index (χ2v) is 22.2. The molecule has 0 amide bonds. The Morgan fingerprint density at radius 2 is 1.11 bits per heavy atom. The molecule has 1 aliphatic heterocycles. The van der Waals surface area contributed by atoms with Crippen LogP contribution in [0.2, 0.25) is 0 Å². The standard InChI is InChI=1S/C63H59N7O/c1-61(2,3)38-21-25-51-47(29-38)49-36-50-48-30-39(62(4,5)6)22-26-52(48)67(12)59(50)60(58(49)66(51)11)69-37-68(54-19-15-16-20-55(54)69)42-32-41(64-10)33-44(34-42)71-43-23-24-46-45-17-13-14-18-53(45)70(56(46)35-43)57-31-40(27-28-65-57)63(7,8)9/h13-36H,37H2,1-9,11-12H3/i11D3,12D3. The van der Waals surface area contributed by atoms with Gasteiger partial charge in [0.25, 0.3) is 0 Å². The molecule has 352 valence electrons. The molecule has 0 saturated carbocycles. The van der Waals surface area contributed by atoms with E-state index in [0.717, 1.165) is 66.5 Å². The summed E-state index contributed by atoms with van der Waals surface area (Å²) < 4.78 is 67.2. The summed E-state index contributed by atoms with van der Waals surface area (Å²) in [7, 11) is 0. The topological polar surface area (TPSA) is 47.8 Å². The fraction of sp³-hybridized carbons (Fsp3) is 0.238. The highest BCUT2D eigenvalue weighted by Gasteiger charge is 2.34. The Morgan fingerprint density at radius 1 is 0.521 bits per heavy atom. The summed E-state index contributed by atoms with van der Waals surface area (Å²) in [5, 5.41) is 5.05. The van der Waals surface area contributed by atoms with Crippen LogP contribution in [0.3, 0.4) is 0 Å². The number of para-hydroxylation sites is 3. The van der Waals surface area contributed by atoms with Crippen LogP contribution in [-0.2, 0) is 30.2 Å². The van der Waals surface area contributed by atoms with Crippen LogP contribution < -0.4 is 14.5 Å². The van der Waals surface area contributed by atoms with Gasteiger partial charge in [-0.3, -0.25) is 4.57 Å². The molecule has 8 nitrogen and oxygen atoms in total. The number of hydrogen-bond donors (Lipinski definition) is 0. The molecule has 12 rings (SSSR count). The molecule has 5 heterocycles. The Kier molecular flexibility index (Phi) is 8.25. The summed E-state index contributed by atoms with van der Waals surface area (Å²) in [6, 6.07) is 45.9. The van der Waals surface area contributed by atoms with Crippen molar-refractivity contribution < 1.29 is 13.0 Å². The molecule has 4 aromatic heterocycles. The van der Waals surface area contributed by atoms with E-state index in [0.29, 0.717) is 61.4 Å². The van der Waals surface area contributed by atoms with Crippen LogP contribution in [-0.4, -0.2) is 25.4 Å². The lowest BCUT2D eigenvalue weighted by Gasteiger charge is -2.25. The molecule has 0 atom stereocenters. The SMILES string of the molecule is [2H]C([2H])([2H])n1c2ccc(C(C)(C)C)cc2c2cc3c4cc(C(C)(C)C)ccc4n(C([2H])([2H])[2H])c3c(N3CN(c4cc([N+]#[C-])cc(Oc5ccc6c7ccccc7n(-c7cc(C(C)(C)C)ccn7)c6c5)c4)c4ccccc43)c21. The Hall–Kier alpha value is -8.02. The first-order valence-corrected chi connectivity index (χ1v) is 24.3. The van der Waals surface area contributed by atoms with Crippen molar-refractivity contribution in [3.8, 4) is 17.3 Å². The predicted octanol–water partition coefficient (Wildman–Crippen LogP) is 17.0. The number of anilines is 4. The minimum Gasteiger partial charge on any atom is -0.459 e. The average Bonchev–Trinajstić information content (AvgIpc) is 4.27. The lowest BCUT2D eigenvalue weighted by Crippen LogP contribution is -2.25. The van der Waals surface area contributed by atoms with Crippen LogP contribution in [0.5, 0.6) is 11.5 Å². The Bertz CT molecular complexity index is 4180. The quantitative estimate of drug-likeness (QED) is 0.161. The molecular weight excluding hydrogens is 871 g/mol. The molecule has 1 aliphatic rings. The van der Waals surface area contributed by atoms with Gasteiger partial charge in [-0.25, -0.2) is 9.83 Å². The van der Waals surface area contributed by atoms with E-state index in [1.54, 1.807) is 6.07 Å². The Balaban J connectivity index is 1.07. The maximum Gasteiger partial charge on any atom is 0.192 e. The number of rotatable bonds is 5. The van der Waals surface area contributed by atoms with Gasteiger partial charge in [0.15, 0.2) is 5.69 Å². The molecule has 0 radical (unpaired) electrons. The third kappa shape index (κ3) is 6.96. The van der Waals surface area contributed by atoms with E-state index in [1.807, 2.05) is 97.2 Å². The molecule has 0 bridgehead atoms. The monoisotopic (exact) mass is 936 g/mol. The first kappa shape index (κ1) is 37.8. The van der Waals surface area contributed by atoms with E-state index < -0.39 is 14.0 Å². The molecule has 0 saturated heterocycles. The van der Waals surface area contributed by atoms with Crippen molar-refractivity contribution in [2.45, 2.75) is 78.6 Å².